The first kappa shape index (κ1) is 13.7. The average Bonchev–Trinajstić information content (AvgIpc) is 2.28. The molecule has 0 aliphatic carbocycles. The van der Waals surface area contributed by atoms with Crippen LogP contribution in [0.2, 0.25) is 0 Å². The molecule has 1 aromatic carbocycles. The number of hydrogen-bond acceptors (Lipinski definition) is 2. The molecule has 0 aromatic heterocycles. The van der Waals surface area contributed by atoms with Crippen molar-refractivity contribution < 1.29 is 9.53 Å². The number of nitrogens with one attached hydrogen (secondary N) is 1. The fourth-order valence-corrected chi connectivity index (χ4v) is 1.79. The van der Waals surface area contributed by atoms with Crippen molar-refractivity contribution in [2.24, 2.45) is 0 Å². The van der Waals surface area contributed by atoms with Crippen LogP contribution in [0, 0.1) is 13.8 Å². The van der Waals surface area contributed by atoms with Crippen LogP contribution in [0.25, 0.3) is 0 Å². The quantitative estimate of drug-likeness (QED) is 0.851. The van der Waals surface area contributed by atoms with Crippen molar-refractivity contribution in [3.8, 4) is 0 Å². The second kappa shape index (κ2) is 6.40. The van der Waals surface area contributed by atoms with E-state index in [2.05, 4.69) is 5.32 Å². The molecule has 1 aromatic rings. The van der Waals surface area contributed by atoms with Gasteiger partial charge in [-0.05, 0) is 31.9 Å². The lowest BCUT2D eigenvalue weighted by atomic mass is 10.0. The molecule has 0 saturated carbocycles. The van der Waals surface area contributed by atoms with E-state index in [0.29, 0.717) is 6.61 Å². The van der Waals surface area contributed by atoms with Gasteiger partial charge < -0.3 is 10.1 Å². The van der Waals surface area contributed by atoms with Gasteiger partial charge >= 0.3 is 0 Å². The molecule has 1 atom stereocenters. The standard InChI is InChI=1S/C14H21NO2/c1-5-12(9-17-4)15-14(16)13-7-6-10(2)8-11(13)3/h6-8,12H,5,9H2,1-4H3,(H,15,16). The zero-order valence-electron chi connectivity index (χ0n) is 11.0. The predicted molar refractivity (Wildman–Crippen MR) is 69.3 cm³/mol. The van der Waals surface area contributed by atoms with Crippen LogP contribution in [0.15, 0.2) is 18.2 Å². The number of hydrogen-bond donors (Lipinski definition) is 1. The second-order valence-electron chi connectivity index (χ2n) is 4.35. The Kier molecular flexibility index (Phi) is 5.16. The van der Waals surface area contributed by atoms with E-state index < -0.39 is 0 Å². The molecule has 94 valence electrons. The molecule has 0 aliphatic rings. The summed E-state index contributed by atoms with van der Waals surface area (Å²) in [5.74, 6) is -0.0219. The van der Waals surface area contributed by atoms with Gasteiger partial charge in [-0.15, -0.1) is 0 Å². The van der Waals surface area contributed by atoms with Gasteiger partial charge in [0, 0.05) is 12.7 Å². The largest absolute Gasteiger partial charge is 0.383 e. The second-order valence-corrected chi connectivity index (χ2v) is 4.35. The maximum Gasteiger partial charge on any atom is 0.251 e. The highest BCUT2D eigenvalue weighted by molar-refractivity contribution is 5.95. The molecule has 1 unspecified atom stereocenters. The summed E-state index contributed by atoms with van der Waals surface area (Å²) in [4.78, 5) is 12.1. The van der Waals surface area contributed by atoms with Crippen molar-refractivity contribution in [1.29, 1.82) is 0 Å². The summed E-state index contributed by atoms with van der Waals surface area (Å²) in [6.45, 7) is 6.56. The monoisotopic (exact) mass is 235 g/mol. The number of methoxy groups -OCH3 is 1. The maximum atomic E-state index is 12.1. The third kappa shape index (κ3) is 3.86. The van der Waals surface area contributed by atoms with E-state index in [4.69, 9.17) is 4.74 Å². The minimum absolute atomic E-state index is 0.0219. The van der Waals surface area contributed by atoms with Crippen LogP contribution < -0.4 is 5.32 Å². The third-order valence-corrected chi connectivity index (χ3v) is 2.82. The lowest BCUT2D eigenvalue weighted by molar-refractivity contribution is 0.0894. The minimum Gasteiger partial charge on any atom is -0.383 e. The van der Waals surface area contributed by atoms with Crippen LogP contribution in [-0.2, 0) is 4.74 Å². The molecule has 0 saturated heterocycles. The van der Waals surface area contributed by atoms with Crippen LogP contribution in [-0.4, -0.2) is 25.7 Å². The average molecular weight is 235 g/mol. The highest BCUT2D eigenvalue weighted by atomic mass is 16.5. The van der Waals surface area contributed by atoms with Gasteiger partial charge in [0.25, 0.3) is 5.91 Å². The van der Waals surface area contributed by atoms with Gasteiger partial charge in [0.2, 0.25) is 0 Å². The number of aryl methyl sites for hydroxylation is 2. The number of amides is 1. The molecule has 1 N–H and O–H groups in total. The van der Waals surface area contributed by atoms with E-state index in [0.717, 1.165) is 17.5 Å². The number of rotatable bonds is 5. The van der Waals surface area contributed by atoms with Gasteiger partial charge in [-0.3, -0.25) is 4.79 Å². The van der Waals surface area contributed by atoms with Crippen LogP contribution in [0.1, 0.15) is 34.8 Å². The van der Waals surface area contributed by atoms with Gasteiger partial charge in [0.15, 0.2) is 0 Å². The van der Waals surface area contributed by atoms with Crippen molar-refractivity contribution in [2.45, 2.75) is 33.2 Å². The fourth-order valence-electron chi connectivity index (χ4n) is 1.79. The minimum atomic E-state index is -0.0219. The van der Waals surface area contributed by atoms with E-state index in [-0.39, 0.29) is 11.9 Å². The number of benzene rings is 1. The Bertz CT molecular complexity index is 388. The van der Waals surface area contributed by atoms with E-state index in [1.54, 1.807) is 7.11 Å². The first-order valence-electron chi connectivity index (χ1n) is 5.95. The zero-order chi connectivity index (χ0) is 12.8. The Hall–Kier alpha value is -1.35. The molecular weight excluding hydrogens is 214 g/mol. The molecule has 3 nitrogen and oxygen atoms in total. The van der Waals surface area contributed by atoms with Gasteiger partial charge in [0.05, 0.1) is 12.6 Å². The summed E-state index contributed by atoms with van der Waals surface area (Å²) in [6.07, 6.45) is 0.866. The maximum absolute atomic E-state index is 12.1. The van der Waals surface area contributed by atoms with E-state index in [9.17, 15) is 4.79 Å². The Morgan fingerprint density at radius 2 is 2.12 bits per heavy atom. The van der Waals surface area contributed by atoms with Gasteiger partial charge in [0.1, 0.15) is 0 Å². The van der Waals surface area contributed by atoms with Gasteiger partial charge in [-0.1, -0.05) is 24.6 Å². The van der Waals surface area contributed by atoms with Crippen LogP contribution in [0.3, 0.4) is 0 Å². The molecule has 3 heteroatoms. The number of carbonyl (C=O) groups excluding carboxylic acids is 1. The molecule has 0 aliphatic heterocycles. The van der Waals surface area contributed by atoms with Crippen molar-refractivity contribution >= 4 is 5.91 Å². The number of carbonyl (C=O) groups is 1. The SMILES string of the molecule is CCC(COC)NC(=O)c1ccc(C)cc1C. The molecule has 0 fully saturated rings. The Morgan fingerprint density at radius 3 is 2.65 bits per heavy atom. The summed E-state index contributed by atoms with van der Waals surface area (Å²) < 4.78 is 5.07. The van der Waals surface area contributed by atoms with Crippen LogP contribution in [0.4, 0.5) is 0 Å². The van der Waals surface area contributed by atoms with Gasteiger partial charge in [-0.2, -0.15) is 0 Å². The van der Waals surface area contributed by atoms with Crippen LogP contribution >= 0.6 is 0 Å². The van der Waals surface area contributed by atoms with Gasteiger partial charge in [-0.25, -0.2) is 0 Å². The van der Waals surface area contributed by atoms with Crippen molar-refractivity contribution in [3.05, 3.63) is 34.9 Å². The third-order valence-electron chi connectivity index (χ3n) is 2.82. The first-order chi connectivity index (χ1) is 8.08. The Labute approximate surface area is 103 Å². The number of ether oxygens (including phenoxy) is 1. The molecule has 0 radical (unpaired) electrons. The van der Waals surface area contributed by atoms with E-state index in [1.165, 1.54) is 5.56 Å². The van der Waals surface area contributed by atoms with E-state index >= 15 is 0 Å². The summed E-state index contributed by atoms with van der Waals surface area (Å²) in [6, 6.07) is 5.93. The summed E-state index contributed by atoms with van der Waals surface area (Å²) in [5, 5.41) is 2.98. The lowest BCUT2D eigenvalue weighted by Gasteiger charge is -2.16. The summed E-state index contributed by atoms with van der Waals surface area (Å²) >= 11 is 0. The van der Waals surface area contributed by atoms with E-state index in [1.807, 2.05) is 39.0 Å². The molecule has 0 heterocycles. The molecule has 1 amide bonds. The molecule has 0 spiro atoms. The topological polar surface area (TPSA) is 38.3 Å². The first-order valence-corrected chi connectivity index (χ1v) is 5.95. The summed E-state index contributed by atoms with van der Waals surface area (Å²) in [5.41, 5.74) is 2.92. The fraction of sp³-hybridized carbons (Fsp3) is 0.500. The van der Waals surface area contributed by atoms with Crippen LogP contribution in [0.5, 0.6) is 0 Å². The van der Waals surface area contributed by atoms with Crippen molar-refractivity contribution in [3.63, 3.8) is 0 Å². The normalized spacial score (nSPS) is 12.2. The highest BCUT2D eigenvalue weighted by Crippen LogP contribution is 2.10. The summed E-state index contributed by atoms with van der Waals surface area (Å²) in [7, 11) is 1.64. The molecule has 1 rings (SSSR count). The molecular formula is C14H21NO2. The van der Waals surface area contributed by atoms with Crippen molar-refractivity contribution in [2.75, 3.05) is 13.7 Å². The zero-order valence-corrected chi connectivity index (χ0v) is 11.0. The predicted octanol–water partition coefficient (Wildman–Crippen LogP) is 2.46. The molecule has 17 heavy (non-hydrogen) atoms. The smallest absolute Gasteiger partial charge is 0.251 e. The highest BCUT2D eigenvalue weighted by Gasteiger charge is 2.13. The Balaban J connectivity index is 2.75. The molecule has 0 bridgehead atoms. The van der Waals surface area contributed by atoms with Crippen molar-refractivity contribution in [1.82, 2.24) is 5.32 Å². The Morgan fingerprint density at radius 1 is 1.41 bits per heavy atom. The lowest BCUT2D eigenvalue weighted by Crippen LogP contribution is -2.37.